The average Bonchev–Trinajstić information content (AvgIpc) is 3.32. The van der Waals surface area contributed by atoms with Gasteiger partial charge in [-0.25, -0.2) is 4.98 Å². The summed E-state index contributed by atoms with van der Waals surface area (Å²) in [4.78, 5) is 16.7. The number of ether oxygens (including phenoxy) is 1. The predicted octanol–water partition coefficient (Wildman–Crippen LogP) is 3.75. The van der Waals surface area contributed by atoms with E-state index < -0.39 is 0 Å². The first-order chi connectivity index (χ1) is 12.3. The van der Waals surface area contributed by atoms with E-state index >= 15 is 0 Å². The molecule has 1 aliphatic heterocycles. The van der Waals surface area contributed by atoms with Crippen LogP contribution in [0.2, 0.25) is 0 Å². The molecule has 0 bridgehead atoms. The fraction of sp³-hybridized carbons (Fsp3) is 0.474. The number of carbonyl (C=O) groups excluding carboxylic acids is 1. The Morgan fingerprint density at radius 2 is 2.19 bits per heavy atom. The van der Waals surface area contributed by atoms with Crippen LogP contribution in [-0.4, -0.2) is 37.1 Å². The van der Waals surface area contributed by atoms with E-state index in [1.54, 1.807) is 0 Å². The molecule has 2 N–H and O–H groups in total. The quantitative estimate of drug-likeness (QED) is 0.714. The molecule has 142 valence electrons. The Hall–Kier alpha value is -1.63. The van der Waals surface area contributed by atoms with Crippen molar-refractivity contribution in [1.29, 1.82) is 0 Å². The standard InChI is InChI=1S/C19H25N3O2S.ClH/c1-2-11-24-16-5-3-15(4-6-16)19-22-17(13-25-19)18(23)21-10-8-14-7-9-20-12-14;/h3-6,13-14,20H,2,7-12H2,1H3,(H,21,23);1H. The van der Waals surface area contributed by atoms with Crippen molar-refractivity contribution in [2.24, 2.45) is 5.92 Å². The van der Waals surface area contributed by atoms with Gasteiger partial charge in [-0.1, -0.05) is 6.92 Å². The lowest BCUT2D eigenvalue weighted by Crippen LogP contribution is -2.26. The zero-order valence-corrected chi connectivity index (χ0v) is 16.6. The molecule has 0 radical (unpaired) electrons. The highest BCUT2D eigenvalue weighted by molar-refractivity contribution is 7.13. The first kappa shape index (κ1) is 20.7. The molecule has 3 rings (SSSR count). The van der Waals surface area contributed by atoms with Gasteiger partial charge in [0.2, 0.25) is 0 Å². The van der Waals surface area contributed by atoms with Crippen LogP contribution in [0.15, 0.2) is 29.6 Å². The summed E-state index contributed by atoms with van der Waals surface area (Å²) in [5, 5.41) is 9.00. The molecule has 1 atom stereocenters. The van der Waals surface area contributed by atoms with Gasteiger partial charge in [0.1, 0.15) is 16.5 Å². The zero-order chi connectivity index (χ0) is 17.5. The van der Waals surface area contributed by atoms with Crippen molar-refractivity contribution >= 4 is 29.7 Å². The van der Waals surface area contributed by atoms with Crippen molar-refractivity contribution in [3.8, 4) is 16.3 Å². The monoisotopic (exact) mass is 395 g/mol. The maximum Gasteiger partial charge on any atom is 0.270 e. The Balaban J connectivity index is 0.00000243. The number of aromatic nitrogens is 1. The molecule has 7 heteroatoms. The molecule has 5 nitrogen and oxygen atoms in total. The first-order valence-electron chi connectivity index (χ1n) is 8.94. The Kier molecular flexibility index (Phi) is 8.35. The molecule has 2 aromatic rings. The van der Waals surface area contributed by atoms with Gasteiger partial charge >= 0.3 is 0 Å². The second kappa shape index (κ2) is 10.5. The lowest BCUT2D eigenvalue weighted by Gasteiger charge is -2.08. The lowest BCUT2D eigenvalue weighted by atomic mass is 10.1. The van der Waals surface area contributed by atoms with E-state index in [2.05, 4.69) is 22.5 Å². The van der Waals surface area contributed by atoms with Crippen LogP contribution in [0.25, 0.3) is 10.6 Å². The maximum absolute atomic E-state index is 12.2. The van der Waals surface area contributed by atoms with Gasteiger partial charge in [-0.05, 0) is 62.5 Å². The number of halogens is 1. The molecular formula is C19H26ClN3O2S. The molecular weight excluding hydrogens is 370 g/mol. The summed E-state index contributed by atoms with van der Waals surface area (Å²) in [6, 6.07) is 7.86. The van der Waals surface area contributed by atoms with Gasteiger partial charge in [-0.15, -0.1) is 23.7 Å². The van der Waals surface area contributed by atoms with Gasteiger partial charge in [0.05, 0.1) is 6.61 Å². The highest BCUT2D eigenvalue weighted by Crippen LogP contribution is 2.26. The molecule has 26 heavy (non-hydrogen) atoms. The molecule has 1 fully saturated rings. The summed E-state index contributed by atoms with van der Waals surface area (Å²) < 4.78 is 5.59. The van der Waals surface area contributed by atoms with Crippen LogP contribution in [0.5, 0.6) is 5.75 Å². The van der Waals surface area contributed by atoms with Crippen molar-refractivity contribution in [2.45, 2.75) is 26.2 Å². The summed E-state index contributed by atoms with van der Waals surface area (Å²) in [7, 11) is 0. The van der Waals surface area contributed by atoms with Crippen LogP contribution >= 0.6 is 23.7 Å². The Labute approximate surface area is 165 Å². The van der Waals surface area contributed by atoms with Gasteiger partial charge in [0.25, 0.3) is 5.91 Å². The fourth-order valence-electron chi connectivity index (χ4n) is 2.87. The van der Waals surface area contributed by atoms with E-state index in [0.717, 1.165) is 48.9 Å². The van der Waals surface area contributed by atoms with Crippen LogP contribution in [0.3, 0.4) is 0 Å². The highest BCUT2D eigenvalue weighted by atomic mass is 35.5. The molecule has 1 aromatic carbocycles. The Morgan fingerprint density at radius 1 is 1.38 bits per heavy atom. The Bertz CT molecular complexity index is 684. The number of benzene rings is 1. The lowest BCUT2D eigenvalue weighted by molar-refractivity contribution is 0.0947. The predicted molar refractivity (Wildman–Crippen MR) is 109 cm³/mol. The molecule has 1 amide bonds. The van der Waals surface area contributed by atoms with Gasteiger partial charge in [-0.3, -0.25) is 4.79 Å². The second-order valence-corrected chi connectivity index (χ2v) is 7.17. The second-order valence-electron chi connectivity index (χ2n) is 6.31. The number of carbonyl (C=O) groups is 1. The van der Waals surface area contributed by atoms with Gasteiger partial charge < -0.3 is 15.4 Å². The molecule has 2 heterocycles. The van der Waals surface area contributed by atoms with Gasteiger partial charge in [-0.2, -0.15) is 0 Å². The normalized spacial score (nSPS) is 16.1. The number of hydrogen-bond donors (Lipinski definition) is 2. The van der Waals surface area contributed by atoms with Crippen LogP contribution in [0.1, 0.15) is 36.7 Å². The first-order valence-corrected chi connectivity index (χ1v) is 9.82. The topological polar surface area (TPSA) is 63.2 Å². The van der Waals surface area contributed by atoms with Crippen LogP contribution < -0.4 is 15.4 Å². The number of thiazole rings is 1. The van der Waals surface area contributed by atoms with Gasteiger partial charge in [0.15, 0.2) is 0 Å². The minimum atomic E-state index is -0.0867. The number of rotatable bonds is 8. The molecule has 0 spiro atoms. The minimum absolute atomic E-state index is 0. The highest BCUT2D eigenvalue weighted by Gasteiger charge is 2.15. The van der Waals surface area contributed by atoms with E-state index in [9.17, 15) is 4.79 Å². The fourth-order valence-corrected chi connectivity index (χ4v) is 3.67. The minimum Gasteiger partial charge on any atom is -0.494 e. The van der Waals surface area contributed by atoms with Crippen molar-refractivity contribution in [2.75, 3.05) is 26.2 Å². The molecule has 0 saturated carbocycles. The summed E-state index contributed by atoms with van der Waals surface area (Å²) >= 11 is 1.49. The smallest absolute Gasteiger partial charge is 0.270 e. The third-order valence-corrected chi connectivity index (χ3v) is 5.20. The van der Waals surface area contributed by atoms with E-state index in [1.165, 1.54) is 17.8 Å². The van der Waals surface area contributed by atoms with E-state index in [-0.39, 0.29) is 18.3 Å². The number of nitrogens with zero attached hydrogens (tertiary/aromatic N) is 1. The molecule has 1 unspecified atom stereocenters. The summed E-state index contributed by atoms with van der Waals surface area (Å²) in [5.74, 6) is 1.46. The maximum atomic E-state index is 12.2. The largest absolute Gasteiger partial charge is 0.494 e. The van der Waals surface area contributed by atoms with Crippen molar-refractivity contribution in [3.63, 3.8) is 0 Å². The summed E-state index contributed by atoms with van der Waals surface area (Å²) in [6.07, 6.45) is 3.22. The third-order valence-electron chi connectivity index (χ3n) is 4.31. The van der Waals surface area contributed by atoms with Crippen molar-refractivity contribution in [1.82, 2.24) is 15.6 Å². The molecule has 1 aliphatic rings. The molecule has 0 aliphatic carbocycles. The van der Waals surface area contributed by atoms with Crippen molar-refractivity contribution in [3.05, 3.63) is 35.3 Å². The van der Waals surface area contributed by atoms with Crippen LogP contribution in [0, 0.1) is 5.92 Å². The van der Waals surface area contributed by atoms with Gasteiger partial charge in [0, 0.05) is 17.5 Å². The summed E-state index contributed by atoms with van der Waals surface area (Å²) in [6.45, 7) is 5.67. The number of nitrogens with one attached hydrogen (secondary N) is 2. The SMILES string of the molecule is CCCOc1ccc(-c2nc(C(=O)NCCC3CCNC3)cs2)cc1.Cl. The Morgan fingerprint density at radius 3 is 2.88 bits per heavy atom. The third kappa shape index (κ3) is 5.69. The summed E-state index contributed by atoms with van der Waals surface area (Å²) in [5.41, 5.74) is 1.50. The average molecular weight is 396 g/mol. The van der Waals surface area contributed by atoms with E-state index in [1.807, 2.05) is 29.6 Å². The molecule has 1 aromatic heterocycles. The van der Waals surface area contributed by atoms with E-state index in [0.29, 0.717) is 18.2 Å². The zero-order valence-electron chi connectivity index (χ0n) is 15.0. The van der Waals surface area contributed by atoms with Crippen LogP contribution in [-0.2, 0) is 0 Å². The molecule has 1 saturated heterocycles. The van der Waals surface area contributed by atoms with Crippen LogP contribution in [0.4, 0.5) is 0 Å². The van der Waals surface area contributed by atoms with E-state index in [4.69, 9.17) is 4.74 Å². The number of amides is 1. The van der Waals surface area contributed by atoms with Crippen molar-refractivity contribution < 1.29 is 9.53 Å². The number of hydrogen-bond acceptors (Lipinski definition) is 5.